The highest BCUT2D eigenvalue weighted by Gasteiger charge is 2.37. The lowest BCUT2D eigenvalue weighted by Crippen LogP contribution is -2.42. The molecule has 1 saturated heterocycles. The highest BCUT2D eigenvalue weighted by molar-refractivity contribution is 7.89. The van der Waals surface area contributed by atoms with Crippen molar-refractivity contribution in [3.63, 3.8) is 0 Å². The monoisotopic (exact) mass is 318 g/mol. The van der Waals surface area contributed by atoms with Gasteiger partial charge in [-0.25, -0.2) is 8.42 Å². The molecular formula is C12H15ClN2O4S. The normalized spacial score (nSPS) is 20.8. The van der Waals surface area contributed by atoms with Crippen molar-refractivity contribution in [3.8, 4) is 0 Å². The third-order valence-electron chi connectivity index (χ3n) is 3.45. The number of nitrogens with zero attached hydrogens (tertiary/aromatic N) is 2. The molecule has 1 aromatic rings. The highest BCUT2D eigenvalue weighted by atomic mass is 35.5. The van der Waals surface area contributed by atoms with E-state index in [0.29, 0.717) is 6.54 Å². The van der Waals surface area contributed by atoms with Gasteiger partial charge in [0, 0.05) is 18.7 Å². The van der Waals surface area contributed by atoms with Crippen molar-refractivity contribution < 1.29 is 13.3 Å². The van der Waals surface area contributed by atoms with E-state index >= 15 is 0 Å². The number of rotatable bonds is 3. The molecule has 0 spiro atoms. The van der Waals surface area contributed by atoms with E-state index < -0.39 is 25.5 Å². The van der Waals surface area contributed by atoms with E-state index in [-0.39, 0.29) is 11.1 Å². The van der Waals surface area contributed by atoms with Gasteiger partial charge < -0.3 is 0 Å². The molecule has 0 amide bonds. The number of benzene rings is 1. The van der Waals surface area contributed by atoms with E-state index in [9.17, 15) is 18.5 Å². The summed E-state index contributed by atoms with van der Waals surface area (Å²) in [7, 11) is -3.96. The van der Waals surface area contributed by atoms with Gasteiger partial charge >= 0.3 is 0 Å². The van der Waals surface area contributed by atoms with Crippen LogP contribution in [0.5, 0.6) is 0 Å². The molecule has 6 nitrogen and oxygen atoms in total. The van der Waals surface area contributed by atoms with E-state index in [1.807, 2.05) is 0 Å². The Balaban J connectivity index is 2.57. The van der Waals surface area contributed by atoms with Crippen LogP contribution in [-0.4, -0.2) is 30.2 Å². The summed E-state index contributed by atoms with van der Waals surface area (Å²) in [4.78, 5) is 9.93. The number of nitro groups is 1. The van der Waals surface area contributed by atoms with Gasteiger partial charge in [0.1, 0.15) is 0 Å². The minimum absolute atomic E-state index is 0.114. The molecule has 1 aliphatic rings. The van der Waals surface area contributed by atoms with Crippen LogP contribution in [0.2, 0.25) is 5.02 Å². The SMILES string of the molecule is CC1CCCCN1S(=O)(=O)c1c(Cl)cccc1[N+](=O)[O-]. The van der Waals surface area contributed by atoms with Crippen molar-refractivity contribution in [2.45, 2.75) is 37.1 Å². The predicted octanol–water partition coefficient (Wildman–Crippen LogP) is 2.81. The zero-order valence-corrected chi connectivity index (χ0v) is 12.5. The second kappa shape index (κ2) is 5.67. The first-order chi connectivity index (χ1) is 9.35. The molecule has 1 atom stereocenters. The summed E-state index contributed by atoms with van der Waals surface area (Å²) in [5.74, 6) is 0. The number of piperidine rings is 1. The maximum Gasteiger partial charge on any atom is 0.290 e. The lowest BCUT2D eigenvalue weighted by Gasteiger charge is -2.32. The molecule has 0 radical (unpaired) electrons. The molecule has 0 N–H and O–H groups in total. The molecule has 0 saturated carbocycles. The fourth-order valence-corrected chi connectivity index (χ4v) is 4.81. The summed E-state index contributed by atoms with van der Waals surface area (Å²) in [5.41, 5.74) is -0.477. The third-order valence-corrected chi connectivity index (χ3v) is 5.98. The van der Waals surface area contributed by atoms with Crippen LogP contribution < -0.4 is 0 Å². The average Bonchev–Trinajstić information content (AvgIpc) is 2.38. The Morgan fingerprint density at radius 2 is 2.10 bits per heavy atom. The molecule has 0 bridgehead atoms. The molecule has 1 fully saturated rings. The summed E-state index contributed by atoms with van der Waals surface area (Å²) in [6, 6.07) is 3.72. The summed E-state index contributed by atoms with van der Waals surface area (Å²) < 4.78 is 26.7. The van der Waals surface area contributed by atoms with Crippen LogP contribution in [0.4, 0.5) is 5.69 Å². The van der Waals surface area contributed by atoms with E-state index in [2.05, 4.69) is 0 Å². The van der Waals surface area contributed by atoms with Crippen LogP contribution in [0, 0.1) is 10.1 Å². The fourth-order valence-electron chi connectivity index (χ4n) is 2.44. The summed E-state index contributed by atoms with van der Waals surface area (Å²) in [6.45, 7) is 2.17. The number of hydrogen-bond acceptors (Lipinski definition) is 4. The van der Waals surface area contributed by atoms with Crippen molar-refractivity contribution in [2.24, 2.45) is 0 Å². The second-order valence-corrected chi connectivity index (χ2v) is 7.04. The minimum Gasteiger partial charge on any atom is -0.258 e. The molecular weight excluding hydrogens is 304 g/mol. The molecule has 0 aliphatic carbocycles. The van der Waals surface area contributed by atoms with Crippen molar-refractivity contribution in [1.29, 1.82) is 0 Å². The van der Waals surface area contributed by atoms with Gasteiger partial charge in [-0.2, -0.15) is 4.31 Å². The quantitative estimate of drug-likeness (QED) is 0.634. The fraction of sp³-hybridized carbons (Fsp3) is 0.500. The van der Waals surface area contributed by atoms with Crippen LogP contribution in [-0.2, 0) is 10.0 Å². The number of hydrogen-bond donors (Lipinski definition) is 0. The smallest absolute Gasteiger partial charge is 0.258 e. The van der Waals surface area contributed by atoms with Crippen LogP contribution in [0.15, 0.2) is 23.1 Å². The van der Waals surface area contributed by atoms with Crippen molar-refractivity contribution in [1.82, 2.24) is 4.31 Å². The highest BCUT2D eigenvalue weighted by Crippen LogP contribution is 2.35. The zero-order valence-electron chi connectivity index (χ0n) is 11.0. The van der Waals surface area contributed by atoms with Gasteiger partial charge in [0.25, 0.3) is 15.7 Å². The van der Waals surface area contributed by atoms with Gasteiger partial charge in [-0.1, -0.05) is 24.1 Å². The van der Waals surface area contributed by atoms with Gasteiger partial charge in [0.05, 0.1) is 9.95 Å². The van der Waals surface area contributed by atoms with Gasteiger partial charge in [-0.3, -0.25) is 10.1 Å². The molecule has 1 aliphatic heterocycles. The van der Waals surface area contributed by atoms with Crippen molar-refractivity contribution in [2.75, 3.05) is 6.54 Å². The molecule has 0 aromatic heterocycles. The topological polar surface area (TPSA) is 80.5 Å². The first-order valence-electron chi connectivity index (χ1n) is 6.30. The predicted molar refractivity (Wildman–Crippen MR) is 75.3 cm³/mol. The Morgan fingerprint density at radius 1 is 1.40 bits per heavy atom. The molecule has 20 heavy (non-hydrogen) atoms. The molecule has 1 unspecified atom stereocenters. The van der Waals surface area contributed by atoms with E-state index in [4.69, 9.17) is 11.6 Å². The number of sulfonamides is 1. The maximum atomic E-state index is 12.7. The van der Waals surface area contributed by atoms with Crippen LogP contribution in [0.1, 0.15) is 26.2 Å². The number of nitro benzene ring substituents is 1. The lowest BCUT2D eigenvalue weighted by molar-refractivity contribution is -0.387. The van der Waals surface area contributed by atoms with Gasteiger partial charge in [-0.15, -0.1) is 0 Å². The third kappa shape index (κ3) is 2.65. The summed E-state index contributed by atoms with van der Waals surface area (Å²) >= 11 is 5.91. The Morgan fingerprint density at radius 3 is 2.70 bits per heavy atom. The first kappa shape index (κ1) is 15.2. The Bertz CT molecular complexity index is 632. The Hall–Kier alpha value is -1.18. The van der Waals surface area contributed by atoms with Gasteiger partial charge in [-0.05, 0) is 25.8 Å². The molecule has 8 heteroatoms. The van der Waals surface area contributed by atoms with Crippen LogP contribution in [0.25, 0.3) is 0 Å². The van der Waals surface area contributed by atoms with Crippen molar-refractivity contribution >= 4 is 27.3 Å². The average molecular weight is 319 g/mol. The van der Waals surface area contributed by atoms with Crippen LogP contribution in [0.3, 0.4) is 0 Å². The molecule has 2 rings (SSSR count). The number of halogens is 1. The summed E-state index contributed by atoms with van der Waals surface area (Å²) in [6.07, 6.45) is 2.46. The Labute approximate surface area is 122 Å². The standard InChI is InChI=1S/C12H15ClN2O4S/c1-9-5-2-3-8-14(9)20(18,19)12-10(13)6-4-7-11(12)15(16)17/h4,6-7,9H,2-3,5,8H2,1H3. The maximum absolute atomic E-state index is 12.7. The summed E-state index contributed by atoms with van der Waals surface area (Å²) in [5, 5.41) is 10.9. The van der Waals surface area contributed by atoms with E-state index in [1.165, 1.54) is 16.4 Å². The van der Waals surface area contributed by atoms with Crippen molar-refractivity contribution in [3.05, 3.63) is 33.3 Å². The second-order valence-electron chi connectivity index (χ2n) is 4.81. The van der Waals surface area contributed by atoms with Gasteiger partial charge in [0.2, 0.25) is 0 Å². The molecule has 1 heterocycles. The Kier molecular flexibility index (Phi) is 4.31. The molecule has 1 aromatic carbocycles. The van der Waals surface area contributed by atoms with Crippen LogP contribution >= 0.6 is 11.6 Å². The lowest BCUT2D eigenvalue weighted by atomic mass is 10.1. The van der Waals surface area contributed by atoms with E-state index in [0.717, 1.165) is 25.3 Å². The largest absolute Gasteiger partial charge is 0.290 e. The van der Waals surface area contributed by atoms with E-state index in [1.54, 1.807) is 6.92 Å². The van der Waals surface area contributed by atoms with Gasteiger partial charge in [0.15, 0.2) is 4.90 Å². The first-order valence-corrected chi connectivity index (χ1v) is 8.12. The zero-order chi connectivity index (χ0) is 14.9. The minimum atomic E-state index is -3.96. The molecule has 110 valence electrons.